The van der Waals surface area contributed by atoms with E-state index in [2.05, 4.69) is 17.2 Å². The number of unbranched alkanes of at least 4 members (excludes halogenated alkanes) is 1. The number of fused-ring (bicyclic) bond motifs is 1. The zero-order chi connectivity index (χ0) is 15.6. The SMILES string of the molecule is CCCCN(C)c1ccc(S(=O)(=O)N(C)C)c2nonc12. The van der Waals surface area contributed by atoms with Crippen molar-refractivity contribution in [1.82, 2.24) is 14.6 Å². The van der Waals surface area contributed by atoms with Crippen LogP contribution in [0.4, 0.5) is 5.69 Å². The van der Waals surface area contributed by atoms with Crippen LogP contribution in [0.25, 0.3) is 11.0 Å². The molecule has 0 saturated carbocycles. The molecule has 0 bridgehead atoms. The minimum absolute atomic E-state index is 0.108. The molecule has 7 nitrogen and oxygen atoms in total. The van der Waals surface area contributed by atoms with Gasteiger partial charge >= 0.3 is 0 Å². The van der Waals surface area contributed by atoms with Crippen LogP contribution in [0.3, 0.4) is 0 Å². The highest BCUT2D eigenvalue weighted by atomic mass is 32.2. The quantitative estimate of drug-likeness (QED) is 0.808. The third-order valence-corrected chi connectivity index (χ3v) is 5.22. The van der Waals surface area contributed by atoms with Crippen LogP contribution in [0.2, 0.25) is 0 Å². The van der Waals surface area contributed by atoms with Crippen LogP contribution in [-0.4, -0.2) is 50.7 Å². The van der Waals surface area contributed by atoms with Crippen molar-refractivity contribution in [3.8, 4) is 0 Å². The molecule has 2 aromatic rings. The lowest BCUT2D eigenvalue weighted by atomic mass is 10.2. The van der Waals surface area contributed by atoms with E-state index in [-0.39, 0.29) is 10.4 Å². The van der Waals surface area contributed by atoms with Gasteiger partial charge < -0.3 is 4.90 Å². The van der Waals surface area contributed by atoms with E-state index in [1.165, 1.54) is 14.1 Å². The van der Waals surface area contributed by atoms with Crippen molar-refractivity contribution in [1.29, 1.82) is 0 Å². The molecule has 116 valence electrons. The van der Waals surface area contributed by atoms with Crippen molar-refractivity contribution in [2.45, 2.75) is 24.7 Å². The Kier molecular flexibility index (Phi) is 4.48. The van der Waals surface area contributed by atoms with Crippen molar-refractivity contribution in [3.63, 3.8) is 0 Å². The fourth-order valence-electron chi connectivity index (χ4n) is 2.06. The molecule has 0 aliphatic heterocycles. The summed E-state index contributed by atoms with van der Waals surface area (Å²) in [5.74, 6) is 0. The van der Waals surface area contributed by atoms with E-state index in [0.29, 0.717) is 5.52 Å². The first-order valence-electron chi connectivity index (χ1n) is 6.78. The molecular formula is C13H20N4O3S. The van der Waals surface area contributed by atoms with Crippen LogP contribution in [0, 0.1) is 0 Å². The molecule has 0 atom stereocenters. The van der Waals surface area contributed by atoms with Crippen LogP contribution in [0.5, 0.6) is 0 Å². The molecule has 0 aliphatic rings. The number of sulfonamides is 1. The lowest BCUT2D eigenvalue weighted by molar-refractivity contribution is 0.315. The molecule has 1 heterocycles. The Morgan fingerprint density at radius 3 is 2.43 bits per heavy atom. The van der Waals surface area contributed by atoms with Crippen molar-refractivity contribution < 1.29 is 13.0 Å². The average molecular weight is 312 g/mol. The van der Waals surface area contributed by atoms with Gasteiger partial charge in [0.2, 0.25) is 10.0 Å². The molecule has 0 amide bonds. The van der Waals surface area contributed by atoms with Crippen molar-refractivity contribution in [2.24, 2.45) is 0 Å². The Hall–Kier alpha value is -1.67. The predicted octanol–water partition coefficient (Wildman–Crippen LogP) is 1.71. The van der Waals surface area contributed by atoms with Crippen LogP contribution in [0.15, 0.2) is 21.7 Å². The van der Waals surface area contributed by atoms with Crippen molar-refractivity contribution >= 4 is 26.7 Å². The van der Waals surface area contributed by atoms with E-state index in [4.69, 9.17) is 4.63 Å². The maximum absolute atomic E-state index is 12.3. The van der Waals surface area contributed by atoms with Gasteiger partial charge in [0.1, 0.15) is 4.90 Å². The summed E-state index contributed by atoms with van der Waals surface area (Å²) in [5, 5.41) is 7.64. The van der Waals surface area contributed by atoms with Gasteiger partial charge in [0.15, 0.2) is 11.0 Å². The Bertz CT molecular complexity index is 724. The van der Waals surface area contributed by atoms with Gasteiger partial charge in [-0.2, -0.15) is 0 Å². The van der Waals surface area contributed by atoms with E-state index < -0.39 is 10.0 Å². The van der Waals surface area contributed by atoms with Gasteiger partial charge in [-0.3, -0.25) is 0 Å². The minimum atomic E-state index is -3.58. The summed E-state index contributed by atoms with van der Waals surface area (Å²) >= 11 is 0. The Morgan fingerprint density at radius 2 is 1.81 bits per heavy atom. The molecule has 1 aromatic carbocycles. The second-order valence-corrected chi connectivity index (χ2v) is 7.23. The topological polar surface area (TPSA) is 79.5 Å². The van der Waals surface area contributed by atoms with E-state index in [1.54, 1.807) is 12.1 Å². The largest absolute Gasteiger partial charge is 0.373 e. The van der Waals surface area contributed by atoms with Crippen LogP contribution in [-0.2, 0) is 10.0 Å². The molecule has 2 rings (SSSR count). The molecule has 0 fully saturated rings. The van der Waals surface area contributed by atoms with Crippen LogP contribution < -0.4 is 4.90 Å². The molecule has 0 aliphatic carbocycles. The molecule has 8 heteroatoms. The Morgan fingerprint density at radius 1 is 1.14 bits per heavy atom. The van der Waals surface area contributed by atoms with Crippen LogP contribution in [0.1, 0.15) is 19.8 Å². The van der Waals surface area contributed by atoms with E-state index in [9.17, 15) is 8.42 Å². The van der Waals surface area contributed by atoms with Gasteiger partial charge in [0.25, 0.3) is 0 Å². The number of anilines is 1. The van der Waals surface area contributed by atoms with Gasteiger partial charge in [-0.1, -0.05) is 13.3 Å². The third kappa shape index (κ3) is 2.86. The highest BCUT2D eigenvalue weighted by Gasteiger charge is 2.25. The fraction of sp³-hybridized carbons (Fsp3) is 0.538. The number of aromatic nitrogens is 2. The summed E-state index contributed by atoms with van der Waals surface area (Å²) in [6.45, 7) is 2.98. The zero-order valence-electron chi connectivity index (χ0n) is 12.7. The van der Waals surface area contributed by atoms with Gasteiger partial charge in [-0.05, 0) is 28.9 Å². The molecule has 1 aromatic heterocycles. The molecule has 0 saturated heterocycles. The number of hydrogen-bond acceptors (Lipinski definition) is 6. The third-order valence-electron chi connectivity index (χ3n) is 3.37. The Balaban J connectivity index is 2.54. The second kappa shape index (κ2) is 5.98. The number of hydrogen-bond donors (Lipinski definition) is 0. The predicted molar refractivity (Wildman–Crippen MR) is 80.9 cm³/mol. The van der Waals surface area contributed by atoms with Gasteiger partial charge in [0.05, 0.1) is 5.69 Å². The normalized spacial score (nSPS) is 12.2. The van der Waals surface area contributed by atoms with E-state index in [1.807, 2.05) is 11.9 Å². The zero-order valence-corrected chi connectivity index (χ0v) is 13.5. The smallest absolute Gasteiger partial charge is 0.244 e. The summed E-state index contributed by atoms with van der Waals surface area (Å²) in [6, 6.07) is 3.30. The standard InChI is InChI=1S/C13H20N4O3S/c1-5-6-9-17(4)10-7-8-11(21(18,19)16(2)3)13-12(10)14-20-15-13/h7-8H,5-6,9H2,1-4H3. The van der Waals surface area contributed by atoms with Gasteiger partial charge in [-0.25, -0.2) is 17.4 Å². The molecule has 0 radical (unpaired) electrons. The molecule has 21 heavy (non-hydrogen) atoms. The second-order valence-electron chi connectivity index (χ2n) is 5.11. The Labute approximate surface area is 124 Å². The van der Waals surface area contributed by atoms with Crippen molar-refractivity contribution in [3.05, 3.63) is 12.1 Å². The lowest BCUT2D eigenvalue weighted by Crippen LogP contribution is -2.23. The molecule has 0 unspecified atom stereocenters. The molecular weight excluding hydrogens is 292 g/mol. The number of nitrogens with zero attached hydrogens (tertiary/aromatic N) is 4. The van der Waals surface area contributed by atoms with E-state index >= 15 is 0 Å². The van der Waals surface area contributed by atoms with E-state index in [0.717, 1.165) is 29.4 Å². The molecule has 0 N–H and O–H groups in total. The summed E-state index contributed by atoms with van der Waals surface area (Å²) < 4.78 is 30.5. The monoisotopic (exact) mass is 312 g/mol. The van der Waals surface area contributed by atoms with Gasteiger partial charge in [0, 0.05) is 27.7 Å². The first-order chi connectivity index (χ1) is 9.89. The summed E-state index contributed by atoms with van der Waals surface area (Å²) in [7, 11) is 1.33. The lowest BCUT2D eigenvalue weighted by Gasteiger charge is -2.19. The maximum atomic E-state index is 12.3. The van der Waals surface area contributed by atoms with Crippen LogP contribution >= 0.6 is 0 Å². The average Bonchev–Trinajstić information content (AvgIpc) is 2.92. The van der Waals surface area contributed by atoms with Gasteiger partial charge in [-0.15, -0.1) is 0 Å². The number of rotatable bonds is 6. The summed E-state index contributed by atoms with van der Waals surface area (Å²) in [4.78, 5) is 2.14. The number of benzene rings is 1. The minimum Gasteiger partial charge on any atom is -0.373 e. The fourth-order valence-corrected chi connectivity index (χ4v) is 3.07. The molecule has 0 spiro atoms. The first kappa shape index (κ1) is 15.7. The summed E-state index contributed by atoms with van der Waals surface area (Å²) in [6.07, 6.45) is 2.12. The summed E-state index contributed by atoms with van der Waals surface area (Å²) in [5.41, 5.74) is 1.55. The highest BCUT2D eigenvalue weighted by Crippen LogP contribution is 2.30. The maximum Gasteiger partial charge on any atom is 0.244 e. The first-order valence-corrected chi connectivity index (χ1v) is 8.22. The highest BCUT2D eigenvalue weighted by molar-refractivity contribution is 7.89. The van der Waals surface area contributed by atoms with Crippen molar-refractivity contribution in [2.75, 3.05) is 32.6 Å².